The molecular weight excluding hydrogens is 446 g/mol. The van der Waals surface area contributed by atoms with Crippen molar-refractivity contribution in [2.45, 2.75) is 17.9 Å². The fraction of sp³-hybridized carbons (Fsp3) is 0.455. The maximum Gasteiger partial charge on any atom is 0.249 e. The summed E-state index contributed by atoms with van der Waals surface area (Å²) >= 11 is 0. The van der Waals surface area contributed by atoms with Crippen LogP contribution in [0.2, 0.25) is 0 Å². The molecule has 0 saturated carbocycles. The van der Waals surface area contributed by atoms with Crippen molar-refractivity contribution in [2.24, 2.45) is 0 Å². The number of benzene rings is 1. The van der Waals surface area contributed by atoms with E-state index in [0.29, 0.717) is 62.5 Å². The summed E-state index contributed by atoms with van der Waals surface area (Å²) in [5.74, 6) is 1.21. The molecule has 2 aliphatic rings. The Bertz CT molecular complexity index is 1120. The van der Waals surface area contributed by atoms with Gasteiger partial charge < -0.3 is 24.6 Å². The smallest absolute Gasteiger partial charge is 0.249 e. The molecule has 2 aromatic rings. The van der Waals surface area contributed by atoms with Gasteiger partial charge in [0.2, 0.25) is 15.9 Å². The minimum Gasteiger partial charge on any atom is -0.383 e. The van der Waals surface area contributed by atoms with Gasteiger partial charge in [-0.25, -0.2) is 13.4 Å². The molecule has 178 valence electrons. The van der Waals surface area contributed by atoms with Crippen LogP contribution in [0.15, 0.2) is 41.3 Å². The molecule has 1 N–H and O–H groups in total. The van der Waals surface area contributed by atoms with E-state index in [4.69, 9.17) is 14.5 Å². The van der Waals surface area contributed by atoms with Gasteiger partial charge in [0.05, 0.1) is 30.4 Å². The average molecular weight is 476 g/mol. The van der Waals surface area contributed by atoms with Gasteiger partial charge in [0, 0.05) is 39.5 Å². The van der Waals surface area contributed by atoms with Crippen LogP contribution in [0.1, 0.15) is 6.92 Å². The summed E-state index contributed by atoms with van der Waals surface area (Å²) in [6.45, 7) is 4.30. The number of anilines is 4. The highest BCUT2D eigenvalue weighted by Gasteiger charge is 2.34. The number of morpholine rings is 1. The highest BCUT2D eigenvalue weighted by atomic mass is 32.2. The van der Waals surface area contributed by atoms with Crippen molar-refractivity contribution in [1.29, 1.82) is 0 Å². The number of methoxy groups -OCH3 is 1. The van der Waals surface area contributed by atoms with Crippen molar-refractivity contribution >= 4 is 38.9 Å². The number of hydrogen-bond donors (Lipinski definition) is 1. The predicted octanol–water partition coefficient (Wildman–Crippen LogP) is 1.66. The van der Waals surface area contributed by atoms with E-state index in [0.717, 1.165) is 0 Å². The van der Waals surface area contributed by atoms with Gasteiger partial charge in [-0.2, -0.15) is 4.31 Å². The lowest BCUT2D eigenvalue weighted by Crippen LogP contribution is -2.52. The molecule has 1 atom stereocenters. The molecule has 1 saturated heterocycles. The molecule has 1 aromatic carbocycles. The number of likely N-dealkylation sites (N-methyl/N-ethyl adjacent to an activating group) is 1. The van der Waals surface area contributed by atoms with Crippen LogP contribution < -0.4 is 15.1 Å². The van der Waals surface area contributed by atoms with Crippen LogP contribution in [0, 0.1) is 0 Å². The van der Waals surface area contributed by atoms with Crippen LogP contribution in [0.5, 0.6) is 0 Å². The van der Waals surface area contributed by atoms with E-state index >= 15 is 0 Å². The first kappa shape index (κ1) is 23.4. The topological polar surface area (TPSA) is 104 Å². The largest absolute Gasteiger partial charge is 0.383 e. The first-order valence-electron chi connectivity index (χ1n) is 10.8. The zero-order valence-electron chi connectivity index (χ0n) is 19.0. The second-order valence-electron chi connectivity index (χ2n) is 7.97. The molecule has 0 radical (unpaired) electrons. The molecule has 2 aliphatic heterocycles. The average Bonchev–Trinajstić information content (AvgIpc) is 2.83. The maximum atomic E-state index is 13.0. The monoisotopic (exact) mass is 475 g/mol. The van der Waals surface area contributed by atoms with E-state index in [1.807, 2.05) is 17.9 Å². The number of hydrogen-bond acceptors (Lipinski definition) is 8. The molecule has 0 spiro atoms. The third-order valence-electron chi connectivity index (χ3n) is 5.89. The molecule has 1 amide bonds. The summed E-state index contributed by atoms with van der Waals surface area (Å²) in [4.78, 5) is 21.1. The highest BCUT2D eigenvalue weighted by molar-refractivity contribution is 7.89. The number of carbonyl (C=O) groups excluding carboxylic acids is 1. The molecular formula is C22H29N5O5S. The lowest BCUT2D eigenvalue weighted by atomic mass is 10.1. The second-order valence-corrected chi connectivity index (χ2v) is 9.91. The minimum absolute atomic E-state index is 0.0119. The summed E-state index contributed by atoms with van der Waals surface area (Å²) in [5.41, 5.74) is 1.32. The number of nitrogens with zero attached hydrogens (tertiary/aromatic N) is 4. The highest BCUT2D eigenvalue weighted by Crippen LogP contribution is 2.35. The molecule has 4 rings (SSSR count). The maximum absolute atomic E-state index is 13.0. The normalized spacial score (nSPS) is 19.5. The Morgan fingerprint density at radius 3 is 2.70 bits per heavy atom. The van der Waals surface area contributed by atoms with Crippen molar-refractivity contribution in [3.05, 3.63) is 36.4 Å². The van der Waals surface area contributed by atoms with E-state index in [1.165, 1.54) is 4.31 Å². The Labute approximate surface area is 194 Å². The summed E-state index contributed by atoms with van der Waals surface area (Å²) in [7, 11) is -0.250. The van der Waals surface area contributed by atoms with E-state index in [-0.39, 0.29) is 16.8 Å². The predicted molar refractivity (Wildman–Crippen MR) is 126 cm³/mol. The molecule has 3 heterocycles. The number of amides is 1. The molecule has 0 aliphatic carbocycles. The van der Waals surface area contributed by atoms with Crippen LogP contribution in [0.3, 0.4) is 0 Å². The summed E-state index contributed by atoms with van der Waals surface area (Å²) in [5, 5.41) is 3.21. The summed E-state index contributed by atoms with van der Waals surface area (Å²) < 4.78 is 37.9. The Morgan fingerprint density at radius 1 is 1.21 bits per heavy atom. The number of nitrogens with one attached hydrogen (secondary N) is 1. The van der Waals surface area contributed by atoms with Gasteiger partial charge in [0.25, 0.3) is 0 Å². The Kier molecular flexibility index (Phi) is 6.84. The van der Waals surface area contributed by atoms with Crippen LogP contribution >= 0.6 is 0 Å². The van der Waals surface area contributed by atoms with Crippen molar-refractivity contribution < 1.29 is 22.7 Å². The van der Waals surface area contributed by atoms with Gasteiger partial charge in [-0.3, -0.25) is 4.79 Å². The third-order valence-corrected chi connectivity index (χ3v) is 7.79. The number of aromatic nitrogens is 1. The Morgan fingerprint density at radius 2 is 1.97 bits per heavy atom. The fourth-order valence-corrected chi connectivity index (χ4v) is 5.46. The quantitative estimate of drug-likeness (QED) is 0.645. The molecule has 0 bridgehead atoms. The molecule has 33 heavy (non-hydrogen) atoms. The van der Waals surface area contributed by atoms with Gasteiger partial charge >= 0.3 is 0 Å². The lowest BCUT2D eigenvalue weighted by Gasteiger charge is -2.39. The van der Waals surface area contributed by atoms with Crippen LogP contribution in [0.4, 0.5) is 23.0 Å². The van der Waals surface area contributed by atoms with Crippen molar-refractivity contribution in [1.82, 2.24) is 9.29 Å². The number of rotatable bonds is 7. The molecule has 11 heteroatoms. The van der Waals surface area contributed by atoms with Gasteiger partial charge in [-0.15, -0.1) is 0 Å². The number of carbonyl (C=O) groups is 1. The minimum atomic E-state index is -3.60. The molecule has 10 nitrogen and oxygen atoms in total. The first-order chi connectivity index (χ1) is 15.8. The fourth-order valence-electron chi connectivity index (χ4n) is 4.01. The van der Waals surface area contributed by atoms with E-state index in [2.05, 4.69) is 5.32 Å². The number of pyridine rings is 1. The van der Waals surface area contributed by atoms with Crippen molar-refractivity contribution in [2.75, 3.05) is 68.7 Å². The van der Waals surface area contributed by atoms with Crippen LogP contribution in [0.25, 0.3) is 0 Å². The molecule has 1 fully saturated rings. The third kappa shape index (κ3) is 4.67. The lowest BCUT2D eigenvalue weighted by molar-refractivity contribution is -0.119. The van der Waals surface area contributed by atoms with Crippen LogP contribution in [-0.2, 0) is 24.3 Å². The van der Waals surface area contributed by atoms with Crippen molar-refractivity contribution in [3.8, 4) is 0 Å². The Balaban J connectivity index is 1.61. The van der Waals surface area contributed by atoms with Gasteiger partial charge in [-0.05, 0) is 37.3 Å². The Hall–Kier alpha value is -2.73. The zero-order chi connectivity index (χ0) is 23.6. The van der Waals surface area contributed by atoms with Crippen molar-refractivity contribution in [3.63, 3.8) is 0 Å². The SMILES string of the molecule is COCCN1c2nc(Nc3cccc(S(=O)(=O)N4CCOCC4)c3)ccc2N(C)C(=O)[C@H]1C. The first-order valence-corrected chi connectivity index (χ1v) is 12.3. The summed E-state index contributed by atoms with van der Waals surface area (Å²) in [6, 6.07) is 9.92. The summed E-state index contributed by atoms with van der Waals surface area (Å²) in [6.07, 6.45) is 0. The van der Waals surface area contributed by atoms with Gasteiger partial charge in [0.15, 0.2) is 5.82 Å². The van der Waals surface area contributed by atoms with Gasteiger partial charge in [-0.1, -0.05) is 6.07 Å². The van der Waals surface area contributed by atoms with E-state index in [1.54, 1.807) is 49.4 Å². The molecule has 1 aromatic heterocycles. The van der Waals surface area contributed by atoms with E-state index < -0.39 is 10.0 Å². The molecule has 0 unspecified atom stereocenters. The standard InChI is InChI=1S/C22H29N5O5S/c1-16-22(28)25(2)19-7-8-20(24-21(19)27(16)11-12-31-3)23-17-5-4-6-18(15-17)33(29,30)26-9-13-32-14-10-26/h4-8,15-16H,9-14H2,1-3H3,(H,23,24)/t16-/m1/s1. The zero-order valence-corrected chi connectivity index (χ0v) is 19.8. The number of ether oxygens (including phenoxy) is 2. The second kappa shape index (κ2) is 9.64. The van der Waals surface area contributed by atoms with Gasteiger partial charge in [0.1, 0.15) is 11.9 Å². The number of sulfonamides is 1. The number of fused-ring (bicyclic) bond motifs is 1. The van der Waals surface area contributed by atoms with E-state index in [9.17, 15) is 13.2 Å². The van der Waals surface area contributed by atoms with Crippen LogP contribution in [-0.4, -0.2) is 83.3 Å².